The Labute approximate surface area is 115 Å². The lowest BCUT2D eigenvalue weighted by Crippen LogP contribution is -2.37. The van der Waals surface area contributed by atoms with Gasteiger partial charge in [0.25, 0.3) is 0 Å². The predicted molar refractivity (Wildman–Crippen MR) is 70.0 cm³/mol. The van der Waals surface area contributed by atoms with Gasteiger partial charge in [-0.15, -0.1) is 0 Å². The second-order valence-electron chi connectivity index (χ2n) is 4.03. The summed E-state index contributed by atoms with van der Waals surface area (Å²) in [4.78, 5) is 1.04. The van der Waals surface area contributed by atoms with Gasteiger partial charge in [0.05, 0.1) is 4.90 Å². The summed E-state index contributed by atoms with van der Waals surface area (Å²) in [7, 11) is -2.35. The molecule has 0 fully saturated rings. The van der Waals surface area contributed by atoms with E-state index < -0.39 is 22.7 Å². The van der Waals surface area contributed by atoms with Crippen molar-refractivity contribution in [3.05, 3.63) is 24.3 Å². The first-order valence-electron chi connectivity index (χ1n) is 5.75. The van der Waals surface area contributed by atoms with E-state index >= 15 is 0 Å². The van der Waals surface area contributed by atoms with Gasteiger partial charge >= 0.3 is 6.18 Å². The zero-order valence-electron chi connectivity index (χ0n) is 10.8. The van der Waals surface area contributed by atoms with Gasteiger partial charge < -0.3 is 10.6 Å². The maximum Gasteiger partial charge on any atom is 0.405 e. The minimum absolute atomic E-state index is 0.0107. The second kappa shape index (κ2) is 6.42. The first kappa shape index (κ1) is 16.7. The van der Waals surface area contributed by atoms with Gasteiger partial charge in [-0.05, 0) is 31.3 Å². The molecule has 0 radical (unpaired) electrons. The number of hydrogen-bond acceptors (Lipinski definition) is 4. The molecule has 5 nitrogen and oxygen atoms in total. The molecule has 0 atom stereocenters. The summed E-state index contributed by atoms with van der Waals surface area (Å²) in [5.41, 5.74) is 5.56. The number of hydrogen-bond donors (Lipinski definition) is 2. The van der Waals surface area contributed by atoms with Gasteiger partial charge in [0, 0.05) is 18.8 Å². The minimum atomic E-state index is -4.36. The molecule has 0 saturated heterocycles. The van der Waals surface area contributed by atoms with E-state index in [0.717, 1.165) is 4.90 Å². The van der Waals surface area contributed by atoms with Gasteiger partial charge in [-0.1, -0.05) is 0 Å². The van der Waals surface area contributed by atoms with Crippen LogP contribution in [0.4, 0.5) is 18.9 Å². The molecule has 1 aromatic carbocycles. The molecule has 0 aromatic heterocycles. The van der Waals surface area contributed by atoms with Crippen molar-refractivity contribution < 1.29 is 21.6 Å². The summed E-state index contributed by atoms with van der Waals surface area (Å²) in [6.45, 7) is -1.05. The lowest BCUT2D eigenvalue weighted by Gasteiger charge is -2.25. The monoisotopic (exact) mass is 311 g/mol. The molecule has 1 aromatic rings. The van der Waals surface area contributed by atoms with Crippen LogP contribution in [0.5, 0.6) is 0 Å². The third kappa shape index (κ3) is 4.66. The highest BCUT2D eigenvalue weighted by molar-refractivity contribution is 7.89. The number of nitrogens with two attached hydrogens (primary N) is 1. The first-order valence-corrected chi connectivity index (χ1v) is 7.23. The third-order valence-electron chi connectivity index (χ3n) is 2.55. The number of anilines is 1. The zero-order valence-corrected chi connectivity index (χ0v) is 11.6. The van der Waals surface area contributed by atoms with Crippen LogP contribution >= 0.6 is 0 Å². The van der Waals surface area contributed by atoms with Crippen molar-refractivity contribution in [2.24, 2.45) is 5.73 Å². The van der Waals surface area contributed by atoms with E-state index in [9.17, 15) is 21.6 Å². The smallest absolute Gasteiger partial charge is 0.361 e. The predicted octanol–water partition coefficient (Wildman–Crippen LogP) is 0.922. The van der Waals surface area contributed by atoms with Crippen molar-refractivity contribution in [3.8, 4) is 0 Å². The summed E-state index contributed by atoms with van der Waals surface area (Å²) in [5, 5.41) is 0. The van der Waals surface area contributed by atoms with Gasteiger partial charge in [0.15, 0.2) is 0 Å². The molecule has 1 rings (SSSR count). The number of rotatable bonds is 6. The molecule has 3 N–H and O–H groups in total. The Hall–Kier alpha value is -1.32. The van der Waals surface area contributed by atoms with Crippen LogP contribution in [-0.4, -0.2) is 41.3 Å². The summed E-state index contributed by atoms with van der Waals surface area (Å²) in [6.07, 6.45) is -4.36. The number of alkyl halides is 3. The number of nitrogens with zero attached hydrogens (tertiary/aromatic N) is 1. The van der Waals surface area contributed by atoms with Crippen LogP contribution in [0.2, 0.25) is 0 Å². The van der Waals surface area contributed by atoms with E-state index in [1.807, 2.05) is 0 Å². The van der Waals surface area contributed by atoms with Gasteiger partial charge in [-0.25, -0.2) is 13.1 Å². The Balaban J connectivity index is 2.99. The van der Waals surface area contributed by atoms with Crippen molar-refractivity contribution in [2.75, 3.05) is 31.6 Å². The number of sulfonamides is 1. The number of benzene rings is 1. The van der Waals surface area contributed by atoms with E-state index in [1.54, 1.807) is 0 Å². The van der Waals surface area contributed by atoms with Crippen molar-refractivity contribution in [1.82, 2.24) is 4.72 Å². The molecule has 9 heteroatoms. The van der Waals surface area contributed by atoms with Crippen LogP contribution in [0.15, 0.2) is 29.2 Å². The Morgan fingerprint density at radius 2 is 1.80 bits per heavy atom. The highest BCUT2D eigenvalue weighted by Gasteiger charge is 2.30. The van der Waals surface area contributed by atoms with Crippen molar-refractivity contribution >= 4 is 15.7 Å². The van der Waals surface area contributed by atoms with E-state index in [4.69, 9.17) is 5.73 Å². The van der Waals surface area contributed by atoms with Gasteiger partial charge in [0.2, 0.25) is 10.0 Å². The quantitative estimate of drug-likeness (QED) is 0.819. The molecule has 0 saturated carbocycles. The third-order valence-corrected chi connectivity index (χ3v) is 3.98. The van der Waals surface area contributed by atoms with Crippen molar-refractivity contribution in [3.63, 3.8) is 0 Å². The van der Waals surface area contributed by atoms with Crippen LogP contribution in [0, 0.1) is 0 Å². The average Bonchev–Trinajstić information content (AvgIpc) is 2.37. The zero-order chi connectivity index (χ0) is 15.4. The molecule has 0 bridgehead atoms. The SMILES string of the molecule is CNS(=O)(=O)c1ccc(N(CCN)CC(F)(F)F)cc1. The fraction of sp³-hybridized carbons (Fsp3) is 0.455. The number of nitrogens with one attached hydrogen (secondary N) is 1. The second-order valence-corrected chi connectivity index (χ2v) is 5.91. The molecule has 0 aliphatic heterocycles. The summed E-state index contributed by atoms with van der Waals surface area (Å²) >= 11 is 0. The van der Waals surface area contributed by atoms with Crippen LogP contribution in [0.25, 0.3) is 0 Å². The standard InChI is InChI=1S/C11H16F3N3O2S/c1-16-20(18,19)10-4-2-9(3-5-10)17(7-6-15)8-11(12,13)14/h2-5,16H,6-8,15H2,1H3. The molecular weight excluding hydrogens is 295 g/mol. The fourth-order valence-electron chi connectivity index (χ4n) is 1.63. The average molecular weight is 311 g/mol. The molecular formula is C11H16F3N3O2S. The number of halogens is 3. The largest absolute Gasteiger partial charge is 0.405 e. The lowest BCUT2D eigenvalue weighted by atomic mass is 10.3. The highest BCUT2D eigenvalue weighted by atomic mass is 32.2. The molecule has 0 unspecified atom stereocenters. The normalized spacial score (nSPS) is 12.4. The van der Waals surface area contributed by atoms with E-state index in [2.05, 4.69) is 4.72 Å². The summed E-state index contributed by atoms with van der Waals surface area (Å²) < 4.78 is 62.5. The molecule has 20 heavy (non-hydrogen) atoms. The van der Waals surface area contributed by atoms with Crippen molar-refractivity contribution in [2.45, 2.75) is 11.1 Å². The van der Waals surface area contributed by atoms with Crippen LogP contribution in [-0.2, 0) is 10.0 Å². The molecule has 0 aliphatic carbocycles. The summed E-state index contributed by atoms with van der Waals surface area (Å²) in [6, 6.07) is 5.15. The Kier molecular flexibility index (Phi) is 5.37. The van der Waals surface area contributed by atoms with Crippen LogP contribution in [0.3, 0.4) is 0 Å². The molecule has 0 heterocycles. The minimum Gasteiger partial charge on any atom is -0.361 e. The molecule has 0 amide bonds. The molecule has 0 aliphatic rings. The Bertz CT molecular complexity index is 529. The Morgan fingerprint density at radius 1 is 1.25 bits per heavy atom. The Morgan fingerprint density at radius 3 is 2.20 bits per heavy atom. The maximum absolute atomic E-state index is 12.4. The fourth-order valence-corrected chi connectivity index (χ4v) is 2.36. The van der Waals surface area contributed by atoms with Gasteiger partial charge in [-0.3, -0.25) is 0 Å². The van der Waals surface area contributed by atoms with E-state index in [-0.39, 0.29) is 23.7 Å². The first-order chi connectivity index (χ1) is 9.19. The van der Waals surface area contributed by atoms with Crippen LogP contribution < -0.4 is 15.4 Å². The molecule has 114 valence electrons. The summed E-state index contributed by atoms with van der Waals surface area (Å²) in [5.74, 6) is 0. The van der Waals surface area contributed by atoms with E-state index in [1.165, 1.54) is 31.3 Å². The van der Waals surface area contributed by atoms with E-state index in [0.29, 0.717) is 0 Å². The lowest BCUT2D eigenvalue weighted by molar-refractivity contribution is -0.119. The molecule has 0 spiro atoms. The highest BCUT2D eigenvalue weighted by Crippen LogP contribution is 2.23. The van der Waals surface area contributed by atoms with Crippen molar-refractivity contribution in [1.29, 1.82) is 0 Å². The van der Waals surface area contributed by atoms with Gasteiger partial charge in [-0.2, -0.15) is 13.2 Å². The maximum atomic E-state index is 12.4. The topological polar surface area (TPSA) is 75.4 Å². The van der Waals surface area contributed by atoms with Crippen LogP contribution in [0.1, 0.15) is 0 Å². The van der Waals surface area contributed by atoms with Gasteiger partial charge in [0.1, 0.15) is 6.54 Å².